The quantitative estimate of drug-likeness (QED) is 0.846. The molecule has 1 aliphatic rings. The van der Waals surface area contributed by atoms with Crippen LogP contribution in [0.3, 0.4) is 0 Å². The highest BCUT2D eigenvalue weighted by Gasteiger charge is 2.20. The average Bonchev–Trinajstić information content (AvgIpc) is 2.56. The van der Waals surface area contributed by atoms with Crippen molar-refractivity contribution in [1.82, 2.24) is 4.98 Å². The maximum absolute atomic E-state index is 5.87. The Bertz CT molecular complexity index is 290. The van der Waals surface area contributed by atoms with Crippen molar-refractivity contribution in [3.8, 4) is 0 Å². The van der Waals surface area contributed by atoms with Crippen LogP contribution < -0.4 is 5.73 Å². The lowest BCUT2D eigenvalue weighted by Crippen LogP contribution is -2.27. The standard InChI is InChI=1S/C10H16N2S2/c1-7-6-13-10(12-7)14-9-4-2-8(11)3-5-9/h6,8-9H,2-5,11H2,1H3. The van der Waals surface area contributed by atoms with Crippen LogP contribution in [-0.4, -0.2) is 16.3 Å². The fourth-order valence-corrected chi connectivity index (χ4v) is 4.02. The number of nitrogens with two attached hydrogens (primary N) is 1. The Labute approximate surface area is 93.3 Å². The number of rotatable bonds is 2. The summed E-state index contributed by atoms with van der Waals surface area (Å²) in [5.41, 5.74) is 7.02. The van der Waals surface area contributed by atoms with E-state index in [2.05, 4.69) is 17.3 Å². The minimum atomic E-state index is 0.449. The van der Waals surface area contributed by atoms with E-state index in [-0.39, 0.29) is 0 Å². The van der Waals surface area contributed by atoms with E-state index in [9.17, 15) is 0 Å². The normalized spacial score (nSPS) is 27.9. The van der Waals surface area contributed by atoms with Gasteiger partial charge in [0, 0.05) is 22.4 Å². The first-order chi connectivity index (χ1) is 6.74. The van der Waals surface area contributed by atoms with E-state index in [1.807, 2.05) is 11.8 Å². The predicted molar refractivity (Wildman–Crippen MR) is 62.9 cm³/mol. The van der Waals surface area contributed by atoms with E-state index >= 15 is 0 Å². The molecule has 2 N–H and O–H groups in total. The highest BCUT2D eigenvalue weighted by Crippen LogP contribution is 2.34. The third kappa shape index (κ3) is 2.72. The zero-order valence-corrected chi connectivity index (χ0v) is 10.0. The molecule has 0 aromatic carbocycles. The summed E-state index contributed by atoms with van der Waals surface area (Å²) in [5.74, 6) is 0. The van der Waals surface area contributed by atoms with Crippen LogP contribution >= 0.6 is 23.1 Å². The van der Waals surface area contributed by atoms with Crippen molar-refractivity contribution in [2.75, 3.05) is 0 Å². The van der Waals surface area contributed by atoms with Gasteiger partial charge < -0.3 is 5.73 Å². The van der Waals surface area contributed by atoms with Crippen LogP contribution in [0.25, 0.3) is 0 Å². The van der Waals surface area contributed by atoms with Gasteiger partial charge in [0.2, 0.25) is 0 Å². The first kappa shape index (κ1) is 10.5. The molecule has 1 aromatic heterocycles. The Balaban J connectivity index is 1.86. The molecule has 1 aliphatic carbocycles. The van der Waals surface area contributed by atoms with Crippen LogP contribution in [0, 0.1) is 6.92 Å². The fraction of sp³-hybridized carbons (Fsp3) is 0.700. The van der Waals surface area contributed by atoms with Crippen LogP contribution in [-0.2, 0) is 0 Å². The second-order valence-corrected chi connectivity index (χ2v) is 6.32. The summed E-state index contributed by atoms with van der Waals surface area (Å²) in [6.45, 7) is 2.05. The van der Waals surface area contributed by atoms with Crippen molar-refractivity contribution in [2.45, 2.75) is 48.2 Å². The summed E-state index contributed by atoms with van der Waals surface area (Å²) in [5, 5.41) is 2.87. The summed E-state index contributed by atoms with van der Waals surface area (Å²) in [7, 11) is 0. The Morgan fingerprint density at radius 2 is 2.14 bits per heavy atom. The van der Waals surface area contributed by atoms with E-state index in [1.165, 1.54) is 30.0 Å². The monoisotopic (exact) mass is 228 g/mol. The number of aromatic nitrogens is 1. The van der Waals surface area contributed by atoms with Crippen LogP contribution in [0.4, 0.5) is 0 Å². The SMILES string of the molecule is Cc1csc(SC2CCC(N)CC2)n1. The Kier molecular flexibility index (Phi) is 3.47. The molecule has 2 nitrogen and oxygen atoms in total. The van der Waals surface area contributed by atoms with Crippen molar-refractivity contribution in [2.24, 2.45) is 5.73 Å². The molecular weight excluding hydrogens is 212 g/mol. The molecule has 0 radical (unpaired) electrons. The van der Waals surface area contributed by atoms with Crippen molar-refractivity contribution < 1.29 is 0 Å². The second-order valence-electron chi connectivity index (χ2n) is 3.91. The number of hydrogen-bond acceptors (Lipinski definition) is 4. The molecule has 4 heteroatoms. The minimum Gasteiger partial charge on any atom is -0.328 e. The lowest BCUT2D eigenvalue weighted by atomic mass is 9.96. The molecule has 1 aromatic rings. The molecule has 0 unspecified atom stereocenters. The van der Waals surface area contributed by atoms with Gasteiger partial charge in [0.25, 0.3) is 0 Å². The average molecular weight is 228 g/mol. The molecule has 1 saturated carbocycles. The molecular formula is C10H16N2S2. The van der Waals surface area contributed by atoms with Crippen LogP contribution in [0.1, 0.15) is 31.4 Å². The van der Waals surface area contributed by atoms with Gasteiger partial charge in [-0.1, -0.05) is 11.8 Å². The third-order valence-corrected chi connectivity index (χ3v) is 5.01. The number of hydrogen-bond donors (Lipinski definition) is 1. The first-order valence-electron chi connectivity index (χ1n) is 5.08. The Hall–Kier alpha value is -0.0600. The first-order valence-corrected chi connectivity index (χ1v) is 6.84. The molecule has 0 amide bonds. The smallest absolute Gasteiger partial charge is 0.150 e. The maximum Gasteiger partial charge on any atom is 0.150 e. The van der Waals surface area contributed by atoms with Gasteiger partial charge in [-0.2, -0.15) is 0 Å². The highest BCUT2D eigenvalue weighted by atomic mass is 32.2. The summed E-state index contributed by atoms with van der Waals surface area (Å²) in [4.78, 5) is 4.47. The topological polar surface area (TPSA) is 38.9 Å². The summed E-state index contributed by atoms with van der Waals surface area (Å²) in [6.07, 6.45) is 4.87. The molecule has 0 aliphatic heterocycles. The molecule has 0 saturated heterocycles. The fourth-order valence-electron chi connectivity index (χ4n) is 1.74. The van der Waals surface area contributed by atoms with E-state index in [0.29, 0.717) is 6.04 Å². The minimum absolute atomic E-state index is 0.449. The lowest BCUT2D eigenvalue weighted by Gasteiger charge is -2.24. The van der Waals surface area contributed by atoms with Gasteiger partial charge in [0.1, 0.15) is 4.34 Å². The van der Waals surface area contributed by atoms with Gasteiger partial charge >= 0.3 is 0 Å². The van der Waals surface area contributed by atoms with Gasteiger partial charge in [-0.3, -0.25) is 0 Å². The number of nitrogens with zero attached hydrogens (tertiary/aromatic N) is 1. The summed E-state index contributed by atoms with van der Waals surface area (Å²) in [6, 6.07) is 0.449. The number of aryl methyl sites for hydroxylation is 1. The lowest BCUT2D eigenvalue weighted by molar-refractivity contribution is 0.451. The number of thioether (sulfide) groups is 1. The second kappa shape index (κ2) is 4.64. The summed E-state index contributed by atoms with van der Waals surface area (Å²) < 4.78 is 1.22. The van der Waals surface area contributed by atoms with Gasteiger partial charge in [-0.25, -0.2) is 4.98 Å². The largest absolute Gasteiger partial charge is 0.328 e. The van der Waals surface area contributed by atoms with Gasteiger partial charge in [0.15, 0.2) is 0 Å². The van der Waals surface area contributed by atoms with Crippen LogP contribution in [0.2, 0.25) is 0 Å². The summed E-state index contributed by atoms with van der Waals surface area (Å²) >= 11 is 3.70. The van der Waals surface area contributed by atoms with Crippen molar-refractivity contribution in [3.63, 3.8) is 0 Å². The van der Waals surface area contributed by atoms with E-state index < -0.39 is 0 Å². The zero-order chi connectivity index (χ0) is 9.97. The third-order valence-electron chi connectivity index (χ3n) is 2.58. The number of thiazole rings is 1. The maximum atomic E-state index is 5.87. The molecule has 0 bridgehead atoms. The molecule has 14 heavy (non-hydrogen) atoms. The highest BCUT2D eigenvalue weighted by molar-refractivity contribution is 8.01. The Morgan fingerprint density at radius 1 is 1.43 bits per heavy atom. The van der Waals surface area contributed by atoms with E-state index in [4.69, 9.17) is 5.73 Å². The predicted octanol–water partition coefficient (Wildman–Crippen LogP) is 2.81. The Morgan fingerprint density at radius 3 is 2.71 bits per heavy atom. The molecule has 2 rings (SSSR count). The van der Waals surface area contributed by atoms with E-state index in [1.54, 1.807) is 11.3 Å². The molecule has 1 heterocycles. The van der Waals surface area contributed by atoms with Crippen LogP contribution in [0.5, 0.6) is 0 Å². The molecule has 0 atom stereocenters. The van der Waals surface area contributed by atoms with Crippen molar-refractivity contribution >= 4 is 23.1 Å². The van der Waals surface area contributed by atoms with Gasteiger partial charge in [0.05, 0.1) is 0 Å². The van der Waals surface area contributed by atoms with Gasteiger partial charge in [-0.05, 0) is 32.6 Å². The van der Waals surface area contributed by atoms with E-state index in [0.717, 1.165) is 10.9 Å². The molecule has 78 valence electrons. The van der Waals surface area contributed by atoms with Gasteiger partial charge in [-0.15, -0.1) is 11.3 Å². The van der Waals surface area contributed by atoms with Crippen molar-refractivity contribution in [1.29, 1.82) is 0 Å². The van der Waals surface area contributed by atoms with Crippen molar-refractivity contribution in [3.05, 3.63) is 11.1 Å². The molecule has 0 spiro atoms. The van der Waals surface area contributed by atoms with Crippen LogP contribution in [0.15, 0.2) is 9.72 Å². The zero-order valence-electron chi connectivity index (χ0n) is 8.40. The molecule has 1 fully saturated rings.